The highest BCUT2D eigenvalue weighted by Crippen LogP contribution is 2.55. The van der Waals surface area contributed by atoms with Crippen molar-refractivity contribution in [2.24, 2.45) is 23.5 Å². The number of fused-ring (bicyclic) bond motifs is 2. The van der Waals surface area contributed by atoms with Crippen molar-refractivity contribution in [3.05, 3.63) is 0 Å². The van der Waals surface area contributed by atoms with Gasteiger partial charge in [-0.05, 0) is 25.2 Å². The minimum absolute atomic E-state index is 0.249. The summed E-state index contributed by atoms with van der Waals surface area (Å²) in [6.45, 7) is 2.06. The van der Waals surface area contributed by atoms with Crippen LogP contribution in [0.3, 0.4) is 0 Å². The number of terminal acetylenes is 1. The number of rotatable bonds is 1. The average molecular weight is 193 g/mol. The molecule has 0 aromatic rings. The Balaban J connectivity index is 2.28. The van der Waals surface area contributed by atoms with Gasteiger partial charge in [0.05, 0.1) is 0 Å². The van der Waals surface area contributed by atoms with E-state index in [1.807, 2.05) is 0 Å². The molecule has 0 aromatic carbocycles. The molecule has 3 heteroatoms. The van der Waals surface area contributed by atoms with Crippen molar-refractivity contribution in [3.8, 4) is 12.3 Å². The van der Waals surface area contributed by atoms with Gasteiger partial charge in [0.2, 0.25) is 0 Å². The number of nitrogens with two attached hydrogens (primary N) is 1. The highest BCUT2D eigenvalue weighted by Gasteiger charge is 2.58. The van der Waals surface area contributed by atoms with Gasteiger partial charge in [-0.3, -0.25) is 0 Å². The molecule has 2 aliphatic rings. The van der Waals surface area contributed by atoms with Gasteiger partial charge in [-0.2, -0.15) is 0 Å². The fourth-order valence-electron chi connectivity index (χ4n) is 3.20. The van der Waals surface area contributed by atoms with Gasteiger partial charge in [0.1, 0.15) is 0 Å². The Bertz CT molecular complexity index is 303. The monoisotopic (exact) mass is 193 g/mol. The Labute approximate surface area is 84.0 Å². The molecule has 4 unspecified atom stereocenters. The second-order valence-corrected chi connectivity index (χ2v) is 4.42. The van der Waals surface area contributed by atoms with Crippen LogP contribution < -0.4 is 5.73 Å². The van der Waals surface area contributed by atoms with Crippen LogP contribution in [-0.2, 0) is 4.74 Å². The third-order valence-corrected chi connectivity index (χ3v) is 3.96. The molecule has 3 nitrogen and oxygen atoms in total. The van der Waals surface area contributed by atoms with Gasteiger partial charge in [-0.1, -0.05) is 12.8 Å². The number of amides is 1. The quantitative estimate of drug-likeness (QED) is 0.642. The van der Waals surface area contributed by atoms with Crippen molar-refractivity contribution in [3.63, 3.8) is 0 Å². The Morgan fingerprint density at radius 3 is 2.79 bits per heavy atom. The van der Waals surface area contributed by atoms with E-state index in [1.165, 1.54) is 6.42 Å². The lowest BCUT2D eigenvalue weighted by atomic mass is 9.77. The maximum atomic E-state index is 10.8. The summed E-state index contributed by atoms with van der Waals surface area (Å²) in [4.78, 5) is 10.8. The fourth-order valence-corrected chi connectivity index (χ4v) is 3.20. The normalized spacial score (nSPS) is 44.7. The van der Waals surface area contributed by atoms with Crippen molar-refractivity contribution < 1.29 is 9.53 Å². The number of ether oxygens (including phenoxy) is 1. The lowest BCUT2D eigenvalue weighted by Crippen LogP contribution is -2.46. The van der Waals surface area contributed by atoms with E-state index in [0.717, 1.165) is 12.8 Å². The zero-order valence-electron chi connectivity index (χ0n) is 8.32. The van der Waals surface area contributed by atoms with Gasteiger partial charge in [0.15, 0.2) is 5.60 Å². The van der Waals surface area contributed by atoms with Crippen LogP contribution in [0.15, 0.2) is 0 Å². The van der Waals surface area contributed by atoms with E-state index >= 15 is 0 Å². The number of primary amides is 1. The van der Waals surface area contributed by atoms with E-state index < -0.39 is 11.7 Å². The summed E-state index contributed by atoms with van der Waals surface area (Å²) in [6, 6.07) is 0. The molecular weight excluding hydrogens is 178 g/mol. The first-order chi connectivity index (χ1) is 6.60. The van der Waals surface area contributed by atoms with Crippen LogP contribution in [0.1, 0.15) is 26.2 Å². The summed E-state index contributed by atoms with van der Waals surface area (Å²) in [5, 5.41) is 0. The molecule has 2 fully saturated rings. The molecule has 1 amide bonds. The molecule has 2 saturated carbocycles. The van der Waals surface area contributed by atoms with Gasteiger partial charge in [0, 0.05) is 11.8 Å². The molecule has 4 atom stereocenters. The average Bonchev–Trinajstić information content (AvgIpc) is 2.68. The number of carbonyl (C=O) groups excluding carboxylic acids is 1. The van der Waals surface area contributed by atoms with Gasteiger partial charge in [0.25, 0.3) is 0 Å². The molecule has 0 heterocycles. The van der Waals surface area contributed by atoms with Crippen LogP contribution in [0.5, 0.6) is 0 Å². The summed E-state index contributed by atoms with van der Waals surface area (Å²) in [6.07, 6.45) is 8.11. The maximum absolute atomic E-state index is 10.8. The second-order valence-electron chi connectivity index (χ2n) is 4.42. The highest BCUT2D eigenvalue weighted by molar-refractivity contribution is 5.66. The van der Waals surface area contributed by atoms with Crippen LogP contribution in [0.4, 0.5) is 4.79 Å². The zero-order chi connectivity index (χ0) is 10.3. The minimum atomic E-state index is -0.748. The first-order valence-corrected chi connectivity index (χ1v) is 5.06. The summed E-state index contributed by atoms with van der Waals surface area (Å²) in [7, 11) is 0. The number of hydrogen-bond donors (Lipinski definition) is 1. The minimum Gasteiger partial charge on any atom is -0.429 e. The van der Waals surface area contributed by atoms with Gasteiger partial charge >= 0.3 is 6.09 Å². The van der Waals surface area contributed by atoms with E-state index in [-0.39, 0.29) is 5.92 Å². The predicted molar refractivity (Wildman–Crippen MR) is 52.2 cm³/mol. The predicted octanol–water partition coefficient (Wildman–Crippen LogP) is 1.52. The fraction of sp³-hybridized carbons (Fsp3) is 0.727. The Kier molecular flexibility index (Phi) is 1.95. The maximum Gasteiger partial charge on any atom is 0.406 e. The van der Waals surface area contributed by atoms with E-state index in [2.05, 4.69) is 12.8 Å². The molecule has 0 aliphatic heterocycles. The summed E-state index contributed by atoms with van der Waals surface area (Å²) < 4.78 is 5.20. The highest BCUT2D eigenvalue weighted by atomic mass is 16.6. The molecule has 0 radical (unpaired) electrons. The molecule has 0 spiro atoms. The topological polar surface area (TPSA) is 52.3 Å². The SMILES string of the molecule is C#CC1(OC(N)=O)C2CCC(C2)C1C. The first kappa shape index (κ1) is 9.39. The lowest BCUT2D eigenvalue weighted by molar-refractivity contribution is -0.0143. The molecule has 0 saturated heterocycles. The summed E-state index contributed by atoms with van der Waals surface area (Å²) >= 11 is 0. The van der Waals surface area contributed by atoms with Crippen LogP contribution >= 0.6 is 0 Å². The summed E-state index contributed by atoms with van der Waals surface area (Å²) in [5.74, 6) is 3.84. The van der Waals surface area contributed by atoms with Crippen LogP contribution in [0.25, 0.3) is 0 Å². The molecular formula is C11H15NO2. The Morgan fingerprint density at radius 2 is 2.36 bits per heavy atom. The van der Waals surface area contributed by atoms with E-state index in [0.29, 0.717) is 11.8 Å². The lowest BCUT2D eigenvalue weighted by Gasteiger charge is -2.36. The van der Waals surface area contributed by atoms with Gasteiger partial charge < -0.3 is 10.5 Å². The third-order valence-electron chi connectivity index (χ3n) is 3.96. The molecule has 2 N–H and O–H groups in total. The molecule has 0 aromatic heterocycles. The van der Waals surface area contributed by atoms with Crippen molar-refractivity contribution in [2.45, 2.75) is 31.8 Å². The Morgan fingerprint density at radius 1 is 1.64 bits per heavy atom. The van der Waals surface area contributed by atoms with Crippen molar-refractivity contribution in [1.29, 1.82) is 0 Å². The standard InChI is InChI=1S/C11H15NO2/c1-3-11(14-10(12)13)7(2)8-4-5-9(11)6-8/h1,7-9H,4-6H2,2H3,(H2,12,13). The molecule has 14 heavy (non-hydrogen) atoms. The van der Waals surface area contributed by atoms with E-state index in [9.17, 15) is 4.79 Å². The summed E-state index contributed by atoms with van der Waals surface area (Å²) in [5.41, 5.74) is 4.36. The zero-order valence-corrected chi connectivity index (χ0v) is 8.32. The number of carbonyl (C=O) groups is 1. The largest absolute Gasteiger partial charge is 0.429 e. The Hall–Kier alpha value is -1.17. The van der Waals surface area contributed by atoms with Crippen LogP contribution in [-0.4, -0.2) is 11.7 Å². The van der Waals surface area contributed by atoms with Gasteiger partial charge in [-0.15, -0.1) is 6.42 Å². The molecule has 2 rings (SSSR count). The van der Waals surface area contributed by atoms with Crippen molar-refractivity contribution >= 4 is 6.09 Å². The first-order valence-electron chi connectivity index (χ1n) is 5.06. The number of hydrogen-bond acceptors (Lipinski definition) is 2. The third kappa shape index (κ3) is 1.03. The van der Waals surface area contributed by atoms with Crippen molar-refractivity contribution in [2.75, 3.05) is 0 Å². The second kappa shape index (κ2) is 2.91. The molecule has 2 bridgehead atoms. The van der Waals surface area contributed by atoms with Crippen LogP contribution in [0, 0.1) is 30.1 Å². The van der Waals surface area contributed by atoms with Crippen molar-refractivity contribution in [1.82, 2.24) is 0 Å². The van der Waals surface area contributed by atoms with Crippen LogP contribution in [0.2, 0.25) is 0 Å². The van der Waals surface area contributed by atoms with Gasteiger partial charge in [-0.25, -0.2) is 4.79 Å². The molecule has 76 valence electrons. The van der Waals surface area contributed by atoms with E-state index in [1.54, 1.807) is 0 Å². The van der Waals surface area contributed by atoms with E-state index in [4.69, 9.17) is 16.9 Å². The smallest absolute Gasteiger partial charge is 0.406 e. The molecule has 2 aliphatic carbocycles.